The zero-order valence-electron chi connectivity index (χ0n) is 10.3. The normalized spacial score (nSPS) is 16.4. The first-order chi connectivity index (χ1) is 8.03. The van der Waals surface area contributed by atoms with Crippen LogP contribution in [0.4, 0.5) is 0 Å². The van der Waals surface area contributed by atoms with E-state index in [0.717, 1.165) is 10.4 Å². The number of aromatic nitrogens is 1. The van der Waals surface area contributed by atoms with E-state index >= 15 is 0 Å². The van der Waals surface area contributed by atoms with Crippen molar-refractivity contribution < 1.29 is 4.79 Å². The van der Waals surface area contributed by atoms with E-state index in [4.69, 9.17) is 0 Å². The monoisotopic (exact) mass is 248 g/mol. The number of allylic oxidation sites excluding steroid dienone is 2. The predicted octanol–water partition coefficient (Wildman–Crippen LogP) is 2.96. The molecule has 0 aliphatic heterocycles. The molecule has 17 heavy (non-hydrogen) atoms. The van der Waals surface area contributed by atoms with Crippen LogP contribution in [0.1, 0.15) is 41.7 Å². The summed E-state index contributed by atoms with van der Waals surface area (Å²) in [6, 6.07) is 0. The van der Waals surface area contributed by atoms with Crippen molar-refractivity contribution in [2.45, 2.75) is 20.8 Å². The Hall–Kier alpha value is -1.42. The first-order valence-electron chi connectivity index (χ1n) is 5.70. The zero-order chi connectivity index (χ0) is 12.5. The second kappa shape index (κ2) is 4.45. The van der Waals surface area contributed by atoms with E-state index in [1.807, 2.05) is 13.0 Å². The summed E-state index contributed by atoms with van der Waals surface area (Å²) in [5, 5.41) is 2.79. The molecule has 0 radical (unpaired) electrons. The fourth-order valence-corrected chi connectivity index (χ4v) is 2.41. The van der Waals surface area contributed by atoms with Crippen LogP contribution in [0.5, 0.6) is 0 Å². The molecule has 1 N–H and O–H groups in total. The molecule has 1 heterocycles. The van der Waals surface area contributed by atoms with Crippen molar-refractivity contribution in [2.24, 2.45) is 5.41 Å². The van der Waals surface area contributed by atoms with Crippen molar-refractivity contribution in [3.63, 3.8) is 0 Å². The predicted molar refractivity (Wildman–Crippen MR) is 72.0 cm³/mol. The minimum absolute atomic E-state index is 0.0250. The van der Waals surface area contributed by atoms with Crippen LogP contribution < -0.4 is 5.32 Å². The summed E-state index contributed by atoms with van der Waals surface area (Å²) in [5.74, 6) is -0.0947. The molecule has 3 nitrogen and oxygen atoms in total. The molecule has 0 fully saturated rings. The van der Waals surface area contributed by atoms with Crippen molar-refractivity contribution >= 4 is 29.6 Å². The summed E-state index contributed by atoms with van der Waals surface area (Å²) in [6.07, 6.45) is 8.29. The first kappa shape index (κ1) is 12.0. The molecule has 0 bridgehead atoms. The highest BCUT2D eigenvalue weighted by atomic mass is 32.1. The molecular weight excluding hydrogens is 232 g/mol. The van der Waals surface area contributed by atoms with Gasteiger partial charge in [-0.25, -0.2) is 0 Å². The van der Waals surface area contributed by atoms with Gasteiger partial charge in [0.15, 0.2) is 0 Å². The van der Waals surface area contributed by atoms with Crippen LogP contribution in [0.15, 0.2) is 12.2 Å². The number of hydrogen-bond acceptors (Lipinski definition) is 3. The Morgan fingerprint density at radius 3 is 2.82 bits per heavy atom. The summed E-state index contributed by atoms with van der Waals surface area (Å²) in [4.78, 5) is 12.9. The largest absolute Gasteiger partial charge is 0.351 e. The Morgan fingerprint density at radius 2 is 2.12 bits per heavy atom. The van der Waals surface area contributed by atoms with E-state index in [0.29, 0.717) is 12.2 Å². The molecule has 0 spiro atoms. The lowest BCUT2D eigenvalue weighted by Crippen LogP contribution is -2.23. The maximum Gasteiger partial charge on any atom is 0.271 e. The number of hydrogen-bond donors (Lipinski definition) is 1. The number of rotatable bonds is 2. The third-order valence-corrected chi connectivity index (χ3v) is 3.48. The second-order valence-electron chi connectivity index (χ2n) is 4.66. The molecule has 4 heteroatoms. The molecule has 0 atom stereocenters. The summed E-state index contributed by atoms with van der Waals surface area (Å²) >= 11 is 1.37. The van der Waals surface area contributed by atoms with E-state index in [1.165, 1.54) is 11.5 Å². The minimum atomic E-state index is -0.0947. The molecule has 1 aromatic heterocycles. The summed E-state index contributed by atoms with van der Waals surface area (Å²) in [6.45, 7) is 6.80. The van der Waals surface area contributed by atoms with E-state index in [2.05, 4.69) is 41.8 Å². The molecule has 90 valence electrons. The van der Waals surface area contributed by atoms with Gasteiger partial charge in [0.25, 0.3) is 5.91 Å². The van der Waals surface area contributed by atoms with E-state index in [-0.39, 0.29) is 11.3 Å². The van der Waals surface area contributed by atoms with Crippen LogP contribution in [-0.4, -0.2) is 16.8 Å². The van der Waals surface area contributed by atoms with Gasteiger partial charge in [0.2, 0.25) is 0 Å². The molecule has 0 unspecified atom stereocenters. The quantitative estimate of drug-likeness (QED) is 0.874. The van der Waals surface area contributed by atoms with Crippen molar-refractivity contribution in [1.82, 2.24) is 9.69 Å². The molecule has 0 aromatic carbocycles. The Bertz CT molecular complexity index is 498. The van der Waals surface area contributed by atoms with Gasteiger partial charge in [-0.05, 0) is 24.5 Å². The fourth-order valence-electron chi connectivity index (χ4n) is 1.64. The average molecular weight is 248 g/mol. The summed E-state index contributed by atoms with van der Waals surface area (Å²) < 4.78 is 4.23. The molecule has 1 aromatic rings. The Morgan fingerprint density at radius 1 is 1.41 bits per heavy atom. The van der Waals surface area contributed by atoms with Crippen LogP contribution >= 0.6 is 11.5 Å². The summed E-state index contributed by atoms with van der Waals surface area (Å²) in [7, 11) is 0. The van der Waals surface area contributed by atoms with E-state index in [9.17, 15) is 4.79 Å². The van der Waals surface area contributed by atoms with E-state index in [1.54, 1.807) is 0 Å². The zero-order valence-corrected chi connectivity index (χ0v) is 11.1. The number of amides is 1. The molecule has 0 saturated carbocycles. The van der Waals surface area contributed by atoms with Crippen LogP contribution in [0, 0.1) is 5.41 Å². The topological polar surface area (TPSA) is 42.0 Å². The Kier molecular flexibility index (Phi) is 3.15. The number of nitrogens with zero attached hydrogens (tertiary/aromatic N) is 1. The van der Waals surface area contributed by atoms with Crippen molar-refractivity contribution in [3.8, 4) is 0 Å². The van der Waals surface area contributed by atoms with Gasteiger partial charge in [-0.2, -0.15) is 4.37 Å². The Balaban J connectivity index is 2.41. The van der Waals surface area contributed by atoms with Gasteiger partial charge in [-0.3, -0.25) is 4.79 Å². The van der Waals surface area contributed by atoms with Gasteiger partial charge < -0.3 is 5.32 Å². The number of fused-ring (bicyclic) bond motifs is 1. The van der Waals surface area contributed by atoms with Gasteiger partial charge in [-0.1, -0.05) is 32.1 Å². The van der Waals surface area contributed by atoms with Crippen molar-refractivity contribution in [3.05, 3.63) is 28.3 Å². The third-order valence-electron chi connectivity index (χ3n) is 2.65. The van der Waals surface area contributed by atoms with Gasteiger partial charge in [0.1, 0.15) is 5.69 Å². The van der Waals surface area contributed by atoms with Gasteiger partial charge in [0, 0.05) is 17.5 Å². The molecule has 0 saturated heterocycles. The maximum absolute atomic E-state index is 11.8. The van der Waals surface area contributed by atoms with Gasteiger partial charge in [0.05, 0.1) is 4.88 Å². The van der Waals surface area contributed by atoms with Gasteiger partial charge in [-0.15, -0.1) is 0 Å². The average Bonchev–Trinajstić information content (AvgIpc) is 2.61. The van der Waals surface area contributed by atoms with E-state index < -0.39 is 0 Å². The highest BCUT2D eigenvalue weighted by Gasteiger charge is 2.20. The minimum Gasteiger partial charge on any atom is -0.351 e. The SMILES string of the molecule is CCNC(=O)c1nsc2c1C=CC(C)(C)C=C2. The smallest absolute Gasteiger partial charge is 0.271 e. The van der Waals surface area contributed by atoms with Crippen LogP contribution in [0.2, 0.25) is 0 Å². The number of carbonyl (C=O) groups excluding carboxylic acids is 1. The van der Waals surface area contributed by atoms with Crippen LogP contribution in [0.25, 0.3) is 12.2 Å². The first-order valence-corrected chi connectivity index (χ1v) is 6.47. The number of carbonyl (C=O) groups is 1. The lowest BCUT2D eigenvalue weighted by atomic mass is 9.93. The van der Waals surface area contributed by atoms with Crippen LogP contribution in [0.3, 0.4) is 0 Å². The van der Waals surface area contributed by atoms with Gasteiger partial charge >= 0.3 is 0 Å². The molecule has 2 rings (SSSR count). The van der Waals surface area contributed by atoms with Crippen molar-refractivity contribution in [2.75, 3.05) is 6.54 Å². The highest BCUT2D eigenvalue weighted by molar-refractivity contribution is 7.07. The third kappa shape index (κ3) is 2.47. The molecule has 1 aliphatic carbocycles. The standard InChI is InChI=1S/C13H16N2OS/c1-4-14-12(16)11-9-5-7-13(2,3)8-6-10(9)17-15-11/h5-8H,4H2,1-3H3,(H,14,16). The van der Waals surface area contributed by atoms with Crippen LogP contribution in [-0.2, 0) is 0 Å². The molecular formula is C13H16N2OS. The Labute approximate surface area is 105 Å². The maximum atomic E-state index is 11.8. The molecule has 1 aliphatic rings. The second-order valence-corrected chi connectivity index (χ2v) is 5.46. The highest BCUT2D eigenvalue weighted by Crippen LogP contribution is 2.31. The lowest BCUT2D eigenvalue weighted by Gasteiger charge is -2.12. The lowest BCUT2D eigenvalue weighted by molar-refractivity contribution is 0.0952. The molecule has 1 amide bonds. The number of nitrogens with one attached hydrogen (secondary N) is 1. The van der Waals surface area contributed by atoms with Crippen molar-refractivity contribution in [1.29, 1.82) is 0 Å². The summed E-state index contributed by atoms with van der Waals surface area (Å²) in [5.41, 5.74) is 1.49. The fraction of sp³-hybridized carbons (Fsp3) is 0.385.